The summed E-state index contributed by atoms with van der Waals surface area (Å²) in [7, 11) is -3.63. The summed E-state index contributed by atoms with van der Waals surface area (Å²) in [6.45, 7) is 6.28. The molecule has 1 fully saturated rings. The summed E-state index contributed by atoms with van der Waals surface area (Å²) in [5.41, 5.74) is 1.75. The van der Waals surface area contributed by atoms with Gasteiger partial charge in [-0.15, -0.1) is 0 Å². The number of rotatable bonds is 8. The lowest BCUT2D eigenvalue weighted by molar-refractivity contribution is 0.0517. The van der Waals surface area contributed by atoms with Crippen molar-refractivity contribution in [3.8, 4) is 0 Å². The maximum Gasteiger partial charge on any atom is 0.358 e. The maximum atomic E-state index is 13.0. The van der Waals surface area contributed by atoms with E-state index >= 15 is 0 Å². The lowest BCUT2D eigenvalue weighted by atomic mass is 10.1. The molecular formula is C22H29N3O5S. The predicted octanol–water partition coefficient (Wildman–Crippen LogP) is 3.24. The topological polar surface area (TPSA) is 98.6 Å². The van der Waals surface area contributed by atoms with Crippen LogP contribution in [0.2, 0.25) is 0 Å². The van der Waals surface area contributed by atoms with Gasteiger partial charge in [0.2, 0.25) is 10.0 Å². The average molecular weight is 448 g/mol. The Bertz CT molecular complexity index is 1040. The number of esters is 1. The van der Waals surface area contributed by atoms with Crippen LogP contribution in [0.3, 0.4) is 0 Å². The normalized spacial score (nSPS) is 15.7. The highest BCUT2D eigenvalue weighted by molar-refractivity contribution is 7.89. The number of carbonyl (C=O) groups excluding carboxylic acids is 2. The number of ketones is 1. The summed E-state index contributed by atoms with van der Waals surface area (Å²) < 4.78 is 34.4. The molecule has 0 bridgehead atoms. The van der Waals surface area contributed by atoms with Gasteiger partial charge in [-0.25, -0.2) is 13.2 Å². The van der Waals surface area contributed by atoms with Gasteiger partial charge in [0, 0.05) is 24.3 Å². The van der Waals surface area contributed by atoms with Crippen LogP contribution in [0.25, 0.3) is 0 Å². The minimum absolute atomic E-state index is 0.0243. The zero-order chi connectivity index (χ0) is 22.6. The smallest absolute Gasteiger partial charge is 0.358 e. The van der Waals surface area contributed by atoms with E-state index in [2.05, 4.69) is 12.0 Å². The van der Waals surface area contributed by atoms with Crippen molar-refractivity contribution in [3.05, 3.63) is 47.3 Å². The largest absolute Gasteiger partial charge is 0.461 e. The predicted molar refractivity (Wildman–Crippen MR) is 116 cm³/mol. The molecule has 8 nitrogen and oxygen atoms in total. The van der Waals surface area contributed by atoms with Crippen molar-refractivity contribution >= 4 is 21.8 Å². The molecule has 0 spiro atoms. The van der Waals surface area contributed by atoms with Crippen LogP contribution in [0.1, 0.15) is 72.6 Å². The quantitative estimate of drug-likeness (QED) is 0.455. The Hall–Kier alpha value is -2.52. The van der Waals surface area contributed by atoms with Crippen molar-refractivity contribution in [3.63, 3.8) is 0 Å². The van der Waals surface area contributed by atoms with E-state index in [1.165, 1.54) is 23.4 Å². The fourth-order valence-corrected chi connectivity index (χ4v) is 5.30. The second-order valence-corrected chi connectivity index (χ2v) is 9.59. The first-order valence-electron chi connectivity index (χ1n) is 10.6. The summed E-state index contributed by atoms with van der Waals surface area (Å²) in [6.07, 6.45) is 2.90. The molecule has 1 aliphatic rings. The summed E-state index contributed by atoms with van der Waals surface area (Å²) >= 11 is 0. The third-order valence-electron chi connectivity index (χ3n) is 5.47. The van der Waals surface area contributed by atoms with E-state index in [9.17, 15) is 18.0 Å². The first-order chi connectivity index (χ1) is 14.8. The van der Waals surface area contributed by atoms with Crippen molar-refractivity contribution in [2.45, 2.75) is 57.4 Å². The van der Waals surface area contributed by atoms with Gasteiger partial charge in [-0.2, -0.15) is 9.40 Å². The Labute approximate surface area is 183 Å². The highest BCUT2D eigenvalue weighted by Gasteiger charge is 2.31. The first-order valence-corrected chi connectivity index (χ1v) is 12.1. The van der Waals surface area contributed by atoms with Crippen molar-refractivity contribution in [2.24, 2.45) is 0 Å². The highest BCUT2D eigenvalue weighted by Crippen LogP contribution is 2.28. The third kappa shape index (κ3) is 5.04. The maximum absolute atomic E-state index is 13.0. The monoisotopic (exact) mass is 447 g/mol. The lowest BCUT2D eigenvalue weighted by Gasteiger charge is -2.32. The number of sulfonamides is 1. The van der Waals surface area contributed by atoms with E-state index in [-0.39, 0.29) is 16.7 Å². The average Bonchev–Trinajstić information content (AvgIpc) is 3.18. The van der Waals surface area contributed by atoms with Crippen LogP contribution in [0.15, 0.2) is 35.2 Å². The molecule has 3 rings (SSSR count). The number of Topliss-reactive ketones (excluding diaryl/α,β-unsaturated/α-hetero) is 1. The minimum Gasteiger partial charge on any atom is -0.461 e. The molecule has 1 saturated heterocycles. The Kier molecular flexibility index (Phi) is 7.27. The lowest BCUT2D eigenvalue weighted by Crippen LogP contribution is -2.39. The number of ether oxygens (including phenoxy) is 1. The van der Waals surface area contributed by atoms with Crippen LogP contribution in [0.5, 0.6) is 0 Å². The fraction of sp³-hybridized carbons (Fsp3) is 0.500. The van der Waals surface area contributed by atoms with Gasteiger partial charge in [0.05, 0.1) is 17.5 Å². The molecule has 2 aromatic rings. The number of piperidine rings is 1. The van der Waals surface area contributed by atoms with Crippen molar-refractivity contribution in [1.29, 1.82) is 0 Å². The summed E-state index contributed by atoms with van der Waals surface area (Å²) in [6, 6.07) is 7.85. The zero-order valence-electron chi connectivity index (χ0n) is 18.2. The van der Waals surface area contributed by atoms with Crippen LogP contribution in [-0.4, -0.2) is 54.0 Å². The van der Waals surface area contributed by atoms with E-state index in [0.717, 1.165) is 18.5 Å². The zero-order valence-corrected chi connectivity index (χ0v) is 19.0. The number of benzene rings is 1. The van der Waals surface area contributed by atoms with Crippen molar-refractivity contribution in [2.75, 3.05) is 19.7 Å². The van der Waals surface area contributed by atoms with Crippen LogP contribution in [0, 0.1) is 0 Å². The van der Waals surface area contributed by atoms with E-state index < -0.39 is 16.0 Å². The summed E-state index contributed by atoms with van der Waals surface area (Å²) in [5, 5.41) is 4.48. The van der Waals surface area contributed by atoms with Gasteiger partial charge in [0.15, 0.2) is 11.5 Å². The molecular weight excluding hydrogens is 418 g/mol. The second-order valence-electron chi connectivity index (χ2n) is 7.65. The standard InChI is InChI=1S/C22H29N3O5S/c1-4-6-19-15-21(22(27)30-5-2)23-25(19)18-11-13-24(14-12-18)31(28,29)20-9-7-17(8-10-20)16(3)26/h7-10,15,18H,4-6,11-14H2,1-3H3. The van der Waals surface area contributed by atoms with Crippen LogP contribution >= 0.6 is 0 Å². The molecule has 9 heteroatoms. The molecule has 31 heavy (non-hydrogen) atoms. The van der Waals surface area contributed by atoms with Crippen LogP contribution < -0.4 is 0 Å². The molecule has 0 unspecified atom stereocenters. The molecule has 1 aromatic carbocycles. The third-order valence-corrected chi connectivity index (χ3v) is 7.38. The molecule has 0 radical (unpaired) electrons. The number of hydrogen-bond donors (Lipinski definition) is 0. The molecule has 0 saturated carbocycles. The molecule has 0 aliphatic carbocycles. The Morgan fingerprint density at radius 1 is 1.13 bits per heavy atom. The van der Waals surface area contributed by atoms with Gasteiger partial charge in [-0.05, 0) is 51.3 Å². The highest BCUT2D eigenvalue weighted by atomic mass is 32.2. The molecule has 0 N–H and O–H groups in total. The van der Waals surface area contributed by atoms with Gasteiger partial charge < -0.3 is 4.74 Å². The number of nitrogens with zero attached hydrogens (tertiary/aromatic N) is 3. The number of carbonyl (C=O) groups is 2. The van der Waals surface area contributed by atoms with E-state index in [1.807, 2.05) is 4.68 Å². The van der Waals surface area contributed by atoms with Gasteiger partial charge in [-0.1, -0.05) is 25.5 Å². The fourth-order valence-electron chi connectivity index (χ4n) is 3.83. The molecule has 1 aromatic heterocycles. The van der Waals surface area contributed by atoms with Gasteiger partial charge in [0.1, 0.15) is 0 Å². The van der Waals surface area contributed by atoms with Crippen LogP contribution in [0.4, 0.5) is 0 Å². The number of aromatic nitrogens is 2. The molecule has 0 atom stereocenters. The van der Waals surface area contributed by atoms with Gasteiger partial charge in [-0.3, -0.25) is 9.48 Å². The molecule has 1 aliphatic heterocycles. The number of hydrogen-bond acceptors (Lipinski definition) is 6. The van der Waals surface area contributed by atoms with Crippen molar-refractivity contribution in [1.82, 2.24) is 14.1 Å². The SMILES string of the molecule is CCCc1cc(C(=O)OCC)nn1C1CCN(S(=O)(=O)c2ccc(C(C)=O)cc2)CC1. The molecule has 2 heterocycles. The van der Waals surface area contributed by atoms with E-state index in [1.54, 1.807) is 25.1 Å². The Morgan fingerprint density at radius 3 is 2.32 bits per heavy atom. The summed E-state index contributed by atoms with van der Waals surface area (Å²) in [4.78, 5) is 23.7. The van der Waals surface area contributed by atoms with E-state index in [4.69, 9.17) is 4.74 Å². The first kappa shape index (κ1) is 23.1. The number of aryl methyl sites for hydroxylation is 1. The summed E-state index contributed by atoms with van der Waals surface area (Å²) in [5.74, 6) is -0.540. The molecule has 0 amide bonds. The van der Waals surface area contributed by atoms with Crippen molar-refractivity contribution < 1.29 is 22.7 Å². The Balaban J connectivity index is 1.74. The Morgan fingerprint density at radius 2 is 1.77 bits per heavy atom. The minimum atomic E-state index is -3.63. The van der Waals surface area contributed by atoms with Gasteiger partial charge in [0.25, 0.3) is 0 Å². The second kappa shape index (κ2) is 9.74. The molecule has 168 valence electrons. The van der Waals surface area contributed by atoms with Gasteiger partial charge >= 0.3 is 5.97 Å². The van der Waals surface area contributed by atoms with E-state index in [0.29, 0.717) is 43.8 Å². The van der Waals surface area contributed by atoms with Crippen LogP contribution in [-0.2, 0) is 21.2 Å².